The Morgan fingerprint density at radius 1 is 1.32 bits per heavy atom. The summed E-state index contributed by atoms with van der Waals surface area (Å²) < 4.78 is 27.4. The highest BCUT2D eigenvalue weighted by molar-refractivity contribution is 14.1. The fourth-order valence-corrected chi connectivity index (χ4v) is 4.43. The van der Waals surface area contributed by atoms with Gasteiger partial charge in [-0.05, 0) is 60.7 Å². The van der Waals surface area contributed by atoms with Crippen LogP contribution in [0.1, 0.15) is 12.8 Å². The molecule has 0 unspecified atom stereocenters. The van der Waals surface area contributed by atoms with E-state index in [2.05, 4.69) is 27.9 Å². The van der Waals surface area contributed by atoms with Crippen LogP contribution in [0.25, 0.3) is 0 Å². The number of halogens is 2. The number of piperidine rings is 1. The molecule has 0 saturated carbocycles. The van der Waals surface area contributed by atoms with Gasteiger partial charge >= 0.3 is 0 Å². The molecule has 1 aromatic rings. The van der Waals surface area contributed by atoms with E-state index in [1.54, 1.807) is 22.5 Å². The fourth-order valence-electron chi connectivity index (χ4n) is 2.16. The molecule has 1 fully saturated rings. The standard InChI is InChI=1S/C12H17IN2O2S.ClH/c1-14-11-5-7-15(8-6-11)18(16,17)12-4-2-3-10(13)9-12;/h2-4,9,11,14H,5-8H2,1H3;1H. The first-order valence-corrected chi connectivity index (χ1v) is 8.49. The molecule has 2 rings (SSSR count). The Hall–Kier alpha value is 0.110. The molecule has 0 spiro atoms. The van der Waals surface area contributed by atoms with Crippen LogP contribution in [0.3, 0.4) is 0 Å². The Morgan fingerprint density at radius 3 is 2.47 bits per heavy atom. The van der Waals surface area contributed by atoms with Crippen molar-refractivity contribution in [3.8, 4) is 0 Å². The summed E-state index contributed by atoms with van der Waals surface area (Å²) in [6.45, 7) is 1.19. The van der Waals surface area contributed by atoms with Crippen LogP contribution in [0.2, 0.25) is 0 Å². The SMILES string of the molecule is CNC1CCN(S(=O)(=O)c2cccc(I)c2)CC1.Cl. The van der Waals surface area contributed by atoms with Crippen LogP contribution in [-0.4, -0.2) is 38.9 Å². The molecule has 0 aliphatic carbocycles. The van der Waals surface area contributed by atoms with E-state index in [0.29, 0.717) is 24.0 Å². The van der Waals surface area contributed by atoms with Gasteiger partial charge in [-0.15, -0.1) is 12.4 Å². The molecule has 1 aromatic carbocycles. The summed E-state index contributed by atoms with van der Waals surface area (Å²) in [4.78, 5) is 0.400. The molecule has 1 aliphatic heterocycles. The van der Waals surface area contributed by atoms with Crippen LogP contribution >= 0.6 is 35.0 Å². The number of nitrogens with zero attached hydrogens (tertiary/aromatic N) is 1. The minimum atomic E-state index is -3.32. The number of nitrogens with one attached hydrogen (secondary N) is 1. The number of rotatable bonds is 3. The zero-order valence-corrected chi connectivity index (χ0v) is 14.5. The second-order valence-electron chi connectivity index (χ2n) is 4.42. The van der Waals surface area contributed by atoms with Gasteiger partial charge in [0.25, 0.3) is 0 Å². The van der Waals surface area contributed by atoms with Crippen molar-refractivity contribution in [1.29, 1.82) is 0 Å². The molecule has 19 heavy (non-hydrogen) atoms. The number of benzene rings is 1. The fraction of sp³-hybridized carbons (Fsp3) is 0.500. The maximum atomic E-state index is 12.4. The minimum absolute atomic E-state index is 0. The number of hydrogen-bond donors (Lipinski definition) is 1. The van der Waals surface area contributed by atoms with E-state index in [1.807, 2.05) is 13.1 Å². The normalized spacial score (nSPS) is 18.0. The van der Waals surface area contributed by atoms with E-state index in [4.69, 9.17) is 0 Å². The number of hydrogen-bond acceptors (Lipinski definition) is 3. The lowest BCUT2D eigenvalue weighted by atomic mass is 10.1. The van der Waals surface area contributed by atoms with Gasteiger partial charge in [0.2, 0.25) is 10.0 Å². The highest BCUT2D eigenvalue weighted by Gasteiger charge is 2.28. The van der Waals surface area contributed by atoms with E-state index in [1.165, 1.54) is 0 Å². The zero-order chi connectivity index (χ0) is 13.2. The summed E-state index contributed by atoms with van der Waals surface area (Å²) >= 11 is 2.13. The van der Waals surface area contributed by atoms with Gasteiger partial charge in [-0.2, -0.15) is 4.31 Å². The smallest absolute Gasteiger partial charge is 0.243 e. The second-order valence-corrected chi connectivity index (χ2v) is 7.61. The van der Waals surface area contributed by atoms with Crippen LogP contribution in [0, 0.1) is 3.57 Å². The number of sulfonamides is 1. The van der Waals surface area contributed by atoms with Gasteiger partial charge in [0.15, 0.2) is 0 Å². The summed E-state index contributed by atoms with van der Waals surface area (Å²) in [5.41, 5.74) is 0. The van der Waals surface area contributed by atoms with Crippen molar-refractivity contribution in [2.24, 2.45) is 0 Å². The van der Waals surface area contributed by atoms with Crippen molar-refractivity contribution >= 4 is 45.0 Å². The molecule has 1 saturated heterocycles. The lowest BCUT2D eigenvalue weighted by Gasteiger charge is -2.31. The summed E-state index contributed by atoms with van der Waals surface area (Å²) in [5.74, 6) is 0. The average Bonchev–Trinajstić information content (AvgIpc) is 2.39. The van der Waals surface area contributed by atoms with Crippen LogP contribution in [0.4, 0.5) is 0 Å². The van der Waals surface area contributed by atoms with Crippen molar-refractivity contribution in [2.45, 2.75) is 23.8 Å². The second kappa shape index (κ2) is 7.21. The molecule has 0 amide bonds. The van der Waals surface area contributed by atoms with Crippen molar-refractivity contribution in [3.05, 3.63) is 27.8 Å². The first kappa shape index (κ1) is 17.2. The molecule has 1 aliphatic rings. The predicted octanol–water partition coefficient (Wildman–Crippen LogP) is 2.09. The predicted molar refractivity (Wildman–Crippen MR) is 87.2 cm³/mol. The highest BCUT2D eigenvalue weighted by atomic mass is 127. The molecule has 7 heteroatoms. The lowest BCUT2D eigenvalue weighted by molar-refractivity contribution is 0.298. The monoisotopic (exact) mass is 416 g/mol. The third-order valence-electron chi connectivity index (χ3n) is 3.30. The molecule has 1 heterocycles. The van der Waals surface area contributed by atoms with E-state index < -0.39 is 10.0 Å². The van der Waals surface area contributed by atoms with Gasteiger partial charge in [-0.3, -0.25) is 0 Å². The lowest BCUT2D eigenvalue weighted by Crippen LogP contribution is -2.43. The largest absolute Gasteiger partial charge is 0.317 e. The van der Waals surface area contributed by atoms with Gasteiger partial charge < -0.3 is 5.32 Å². The molecule has 0 atom stereocenters. The maximum Gasteiger partial charge on any atom is 0.243 e. The van der Waals surface area contributed by atoms with Crippen molar-refractivity contribution < 1.29 is 8.42 Å². The Morgan fingerprint density at radius 2 is 1.95 bits per heavy atom. The van der Waals surface area contributed by atoms with Gasteiger partial charge in [-0.25, -0.2) is 8.42 Å². The van der Waals surface area contributed by atoms with Crippen LogP contribution in [0.15, 0.2) is 29.2 Å². The Balaban J connectivity index is 0.00000180. The summed E-state index contributed by atoms with van der Waals surface area (Å²) in [5, 5.41) is 3.20. The van der Waals surface area contributed by atoms with E-state index in [9.17, 15) is 8.42 Å². The van der Waals surface area contributed by atoms with Crippen molar-refractivity contribution in [3.63, 3.8) is 0 Å². The van der Waals surface area contributed by atoms with Gasteiger partial charge in [0.05, 0.1) is 4.90 Å². The van der Waals surface area contributed by atoms with E-state index >= 15 is 0 Å². The molecular formula is C12H18ClIN2O2S. The average molecular weight is 417 g/mol. The molecule has 0 radical (unpaired) electrons. The minimum Gasteiger partial charge on any atom is -0.317 e. The van der Waals surface area contributed by atoms with Gasteiger partial charge in [0, 0.05) is 22.7 Å². The zero-order valence-electron chi connectivity index (χ0n) is 10.7. The summed E-state index contributed by atoms with van der Waals surface area (Å²) in [6.07, 6.45) is 1.75. The first-order valence-electron chi connectivity index (χ1n) is 5.97. The van der Waals surface area contributed by atoms with E-state index in [-0.39, 0.29) is 12.4 Å². The van der Waals surface area contributed by atoms with Crippen LogP contribution in [0.5, 0.6) is 0 Å². The Labute approximate surface area is 134 Å². The molecular weight excluding hydrogens is 399 g/mol. The third-order valence-corrected chi connectivity index (χ3v) is 5.86. The van der Waals surface area contributed by atoms with Crippen molar-refractivity contribution in [1.82, 2.24) is 9.62 Å². The van der Waals surface area contributed by atoms with Gasteiger partial charge in [-0.1, -0.05) is 6.07 Å². The van der Waals surface area contributed by atoms with Crippen molar-refractivity contribution in [2.75, 3.05) is 20.1 Å². The summed E-state index contributed by atoms with van der Waals surface area (Å²) in [7, 11) is -1.39. The molecule has 0 aromatic heterocycles. The first-order chi connectivity index (χ1) is 8.54. The van der Waals surface area contributed by atoms with Gasteiger partial charge in [0.1, 0.15) is 0 Å². The van der Waals surface area contributed by atoms with Crippen LogP contribution in [-0.2, 0) is 10.0 Å². The van der Waals surface area contributed by atoms with E-state index in [0.717, 1.165) is 16.4 Å². The Kier molecular flexibility index (Phi) is 6.52. The topological polar surface area (TPSA) is 49.4 Å². The molecule has 4 nitrogen and oxygen atoms in total. The Bertz CT molecular complexity index is 516. The maximum absolute atomic E-state index is 12.4. The third kappa shape index (κ3) is 4.04. The van der Waals surface area contributed by atoms with Crippen LogP contribution < -0.4 is 5.32 Å². The molecule has 0 bridgehead atoms. The summed E-state index contributed by atoms with van der Waals surface area (Å²) in [6, 6.07) is 7.51. The highest BCUT2D eigenvalue weighted by Crippen LogP contribution is 2.21. The molecule has 1 N–H and O–H groups in total. The quantitative estimate of drug-likeness (QED) is 0.768. The molecule has 108 valence electrons.